The van der Waals surface area contributed by atoms with Crippen LogP contribution in [0.1, 0.15) is 32.6 Å². The zero-order valence-corrected chi connectivity index (χ0v) is 11.9. The molecule has 0 saturated carbocycles. The Morgan fingerprint density at radius 1 is 1.42 bits per heavy atom. The maximum absolute atomic E-state index is 9.90. The largest absolute Gasteiger partial charge is 0.389 e. The van der Waals surface area contributed by atoms with Gasteiger partial charge in [-0.15, -0.1) is 0 Å². The molecular weight excluding hydrogens is 246 g/mol. The first-order valence-electron chi connectivity index (χ1n) is 7.38. The minimum Gasteiger partial charge on any atom is -0.389 e. The number of hydrogen-bond donors (Lipinski definition) is 2. The van der Waals surface area contributed by atoms with Gasteiger partial charge in [0.15, 0.2) is 0 Å². The summed E-state index contributed by atoms with van der Waals surface area (Å²) in [5.41, 5.74) is -0.00616. The maximum atomic E-state index is 9.90. The van der Waals surface area contributed by atoms with Crippen molar-refractivity contribution in [1.82, 2.24) is 5.32 Å². The molecule has 2 rings (SSSR count). The zero-order chi connectivity index (χ0) is 13.6. The van der Waals surface area contributed by atoms with E-state index in [2.05, 4.69) is 12.2 Å². The van der Waals surface area contributed by atoms with Crippen LogP contribution < -0.4 is 5.32 Å². The van der Waals surface area contributed by atoms with E-state index in [9.17, 15) is 5.11 Å². The Hall–Kier alpha value is -0.200. The highest BCUT2D eigenvalue weighted by Gasteiger charge is 2.27. The second-order valence-electron chi connectivity index (χ2n) is 5.92. The predicted molar refractivity (Wildman–Crippen MR) is 72.3 cm³/mol. The van der Waals surface area contributed by atoms with Gasteiger partial charge in [0.1, 0.15) is 0 Å². The van der Waals surface area contributed by atoms with E-state index in [-0.39, 0.29) is 11.6 Å². The minimum absolute atomic E-state index is 0.00616. The Morgan fingerprint density at radius 3 is 3.00 bits per heavy atom. The van der Waals surface area contributed by atoms with Crippen LogP contribution in [0.15, 0.2) is 0 Å². The summed E-state index contributed by atoms with van der Waals surface area (Å²) in [6, 6.07) is 0. The summed E-state index contributed by atoms with van der Waals surface area (Å²) in [5.74, 6) is 0. The van der Waals surface area contributed by atoms with E-state index in [0.717, 1.165) is 45.5 Å². The molecule has 0 aromatic heterocycles. The van der Waals surface area contributed by atoms with Gasteiger partial charge < -0.3 is 24.6 Å². The molecule has 2 N–H and O–H groups in total. The molecule has 2 aliphatic rings. The third-order valence-electron chi connectivity index (χ3n) is 3.84. The molecule has 112 valence electrons. The number of aliphatic hydroxyl groups excluding tert-OH is 1. The molecule has 2 heterocycles. The Bertz CT molecular complexity index is 250. The molecule has 2 aliphatic heterocycles. The summed E-state index contributed by atoms with van der Waals surface area (Å²) in [5, 5.41) is 13.3. The van der Waals surface area contributed by atoms with E-state index < -0.39 is 6.10 Å². The fraction of sp³-hybridized carbons (Fsp3) is 1.00. The Morgan fingerprint density at radius 2 is 2.32 bits per heavy atom. The Labute approximate surface area is 115 Å². The van der Waals surface area contributed by atoms with Gasteiger partial charge >= 0.3 is 0 Å². The smallest absolute Gasteiger partial charge is 0.0897 e. The second-order valence-corrected chi connectivity index (χ2v) is 5.92. The molecule has 0 spiro atoms. The fourth-order valence-corrected chi connectivity index (χ4v) is 2.61. The SMILES string of the molecule is CC1(NCC(O)COCC2CCCO2)CCCOC1. The van der Waals surface area contributed by atoms with Crippen molar-refractivity contribution < 1.29 is 19.3 Å². The molecule has 3 unspecified atom stereocenters. The molecule has 2 fully saturated rings. The third kappa shape index (κ3) is 5.36. The van der Waals surface area contributed by atoms with Gasteiger partial charge in [0.25, 0.3) is 0 Å². The molecule has 0 bridgehead atoms. The van der Waals surface area contributed by atoms with Crippen LogP contribution in [0.25, 0.3) is 0 Å². The van der Waals surface area contributed by atoms with Crippen LogP contribution in [0, 0.1) is 0 Å². The molecule has 19 heavy (non-hydrogen) atoms. The van der Waals surface area contributed by atoms with E-state index in [1.54, 1.807) is 0 Å². The average molecular weight is 273 g/mol. The molecule has 0 amide bonds. The quantitative estimate of drug-likeness (QED) is 0.715. The number of aliphatic hydroxyl groups is 1. The van der Waals surface area contributed by atoms with Crippen LogP contribution in [-0.4, -0.2) is 62.4 Å². The van der Waals surface area contributed by atoms with Crippen molar-refractivity contribution in [3.05, 3.63) is 0 Å². The maximum Gasteiger partial charge on any atom is 0.0897 e. The average Bonchev–Trinajstić information content (AvgIpc) is 2.91. The molecule has 3 atom stereocenters. The van der Waals surface area contributed by atoms with E-state index >= 15 is 0 Å². The van der Waals surface area contributed by atoms with Gasteiger partial charge in [-0.2, -0.15) is 0 Å². The highest BCUT2D eigenvalue weighted by Crippen LogP contribution is 2.18. The summed E-state index contributed by atoms with van der Waals surface area (Å²) in [6.45, 7) is 6.07. The topological polar surface area (TPSA) is 60.0 Å². The highest BCUT2D eigenvalue weighted by molar-refractivity contribution is 4.86. The number of hydrogen-bond acceptors (Lipinski definition) is 5. The Balaban J connectivity index is 1.54. The molecule has 2 saturated heterocycles. The van der Waals surface area contributed by atoms with E-state index in [1.165, 1.54) is 0 Å². The standard InChI is InChI=1S/C14H27NO4/c1-14(5-3-6-17-11-14)15-8-12(16)9-18-10-13-4-2-7-19-13/h12-13,15-16H,2-11H2,1H3. The van der Waals surface area contributed by atoms with Crippen molar-refractivity contribution >= 4 is 0 Å². The molecule has 5 heteroatoms. The third-order valence-corrected chi connectivity index (χ3v) is 3.84. The van der Waals surface area contributed by atoms with Crippen LogP contribution in [0.5, 0.6) is 0 Å². The van der Waals surface area contributed by atoms with Crippen LogP contribution in [-0.2, 0) is 14.2 Å². The second kappa shape index (κ2) is 7.55. The van der Waals surface area contributed by atoms with Gasteiger partial charge in [-0.3, -0.25) is 0 Å². The molecule has 5 nitrogen and oxygen atoms in total. The van der Waals surface area contributed by atoms with Crippen LogP contribution in [0.4, 0.5) is 0 Å². The van der Waals surface area contributed by atoms with Crippen LogP contribution in [0.2, 0.25) is 0 Å². The summed E-state index contributed by atoms with van der Waals surface area (Å²) >= 11 is 0. The van der Waals surface area contributed by atoms with Crippen LogP contribution >= 0.6 is 0 Å². The summed E-state index contributed by atoms with van der Waals surface area (Å²) in [7, 11) is 0. The van der Waals surface area contributed by atoms with Gasteiger partial charge in [0.05, 0.1) is 32.0 Å². The number of β-amino-alcohol motifs (C(OH)–C–C–N with tert-alkyl or cyclic N) is 1. The lowest BCUT2D eigenvalue weighted by Crippen LogP contribution is -2.51. The van der Waals surface area contributed by atoms with Gasteiger partial charge in [-0.25, -0.2) is 0 Å². The van der Waals surface area contributed by atoms with Crippen molar-refractivity contribution in [2.24, 2.45) is 0 Å². The lowest BCUT2D eigenvalue weighted by molar-refractivity contribution is -0.0230. The molecular formula is C14H27NO4. The first kappa shape index (κ1) is 15.2. The Kier molecular flexibility index (Phi) is 6.04. The highest BCUT2D eigenvalue weighted by atomic mass is 16.5. The monoisotopic (exact) mass is 273 g/mol. The van der Waals surface area contributed by atoms with Gasteiger partial charge in [0.2, 0.25) is 0 Å². The van der Waals surface area contributed by atoms with E-state index in [1.807, 2.05) is 0 Å². The lowest BCUT2D eigenvalue weighted by Gasteiger charge is -2.35. The molecule has 0 aromatic carbocycles. The predicted octanol–water partition coefficient (Wildman–Crippen LogP) is 0.702. The van der Waals surface area contributed by atoms with Gasteiger partial charge in [-0.05, 0) is 32.6 Å². The van der Waals surface area contributed by atoms with Crippen molar-refractivity contribution in [2.45, 2.75) is 50.4 Å². The summed E-state index contributed by atoms with van der Waals surface area (Å²) < 4.78 is 16.4. The summed E-state index contributed by atoms with van der Waals surface area (Å²) in [4.78, 5) is 0. The first-order valence-corrected chi connectivity index (χ1v) is 7.38. The van der Waals surface area contributed by atoms with Crippen molar-refractivity contribution in [3.63, 3.8) is 0 Å². The number of rotatable bonds is 7. The van der Waals surface area contributed by atoms with Crippen molar-refractivity contribution in [3.8, 4) is 0 Å². The zero-order valence-electron chi connectivity index (χ0n) is 11.9. The van der Waals surface area contributed by atoms with Crippen molar-refractivity contribution in [1.29, 1.82) is 0 Å². The number of ether oxygens (including phenoxy) is 3. The van der Waals surface area contributed by atoms with Crippen molar-refractivity contribution in [2.75, 3.05) is 39.6 Å². The lowest BCUT2D eigenvalue weighted by atomic mass is 9.95. The first-order chi connectivity index (χ1) is 9.18. The fourth-order valence-electron chi connectivity index (χ4n) is 2.61. The summed E-state index contributed by atoms with van der Waals surface area (Å²) in [6.07, 6.45) is 4.12. The van der Waals surface area contributed by atoms with Gasteiger partial charge in [-0.1, -0.05) is 0 Å². The molecule has 0 aromatic rings. The molecule has 0 aliphatic carbocycles. The van der Waals surface area contributed by atoms with Gasteiger partial charge in [0, 0.05) is 25.3 Å². The number of nitrogens with one attached hydrogen (secondary N) is 1. The molecule has 0 radical (unpaired) electrons. The van der Waals surface area contributed by atoms with E-state index in [0.29, 0.717) is 19.8 Å². The normalized spacial score (nSPS) is 33.5. The minimum atomic E-state index is -0.472. The van der Waals surface area contributed by atoms with E-state index in [4.69, 9.17) is 14.2 Å². The van der Waals surface area contributed by atoms with Crippen LogP contribution in [0.3, 0.4) is 0 Å².